The van der Waals surface area contributed by atoms with Crippen LogP contribution in [0.3, 0.4) is 0 Å². The second kappa shape index (κ2) is 7.47. The average Bonchev–Trinajstić information content (AvgIpc) is 3.10. The highest BCUT2D eigenvalue weighted by Crippen LogP contribution is 2.42. The number of amides is 2. The number of nitrogens with zero attached hydrogens (tertiary/aromatic N) is 4. The van der Waals surface area contributed by atoms with Crippen LogP contribution < -0.4 is 5.73 Å². The number of alkyl halides is 3. The maximum Gasteiger partial charge on any atom is 0.391 e. The fourth-order valence-corrected chi connectivity index (χ4v) is 4.32. The summed E-state index contributed by atoms with van der Waals surface area (Å²) in [5, 5.41) is 4.67. The molecule has 2 fully saturated rings. The number of halogens is 3. The van der Waals surface area contributed by atoms with Crippen LogP contribution in [0.2, 0.25) is 0 Å². The van der Waals surface area contributed by atoms with Crippen LogP contribution in [0.25, 0.3) is 5.65 Å². The van der Waals surface area contributed by atoms with Gasteiger partial charge in [0.1, 0.15) is 6.10 Å². The molecule has 3 heterocycles. The van der Waals surface area contributed by atoms with Crippen molar-refractivity contribution in [2.24, 2.45) is 11.7 Å². The van der Waals surface area contributed by atoms with Crippen molar-refractivity contribution in [2.75, 3.05) is 19.7 Å². The number of urea groups is 1. The molecular weight excluding hydrogens is 387 g/mol. The quantitative estimate of drug-likeness (QED) is 0.821. The summed E-state index contributed by atoms with van der Waals surface area (Å²) >= 11 is 0. The molecule has 0 radical (unpaired) electrons. The van der Waals surface area contributed by atoms with Crippen LogP contribution in [0, 0.1) is 12.8 Å². The van der Waals surface area contributed by atoms with Gasteiger partial charge in [0.05, 0.1) is 30.5 Å². The van der Waals surface area contributed by atoms with Crippen molar-refractivity contribution in [1.29, 1.82) is 0 Å². The summed E-state index contributed by atoms with van der Waals surface area (Å²) < 4.78 is 46.4. The Labute approximate surface area is 166 Å². The molecule has 158 valence electrons. The number of nitrogens with two attached hydrogens (primary N) is 1. The summed E-state index contributed by atoms with van der Waals surface area (Å²) in [4.78, 5) is 17.6. The third-order valence-electron chi connectivity index (χ3n) is 5.92. The van der Waals surface area contributed by atoms with Gasteiger partial charge in [-0.25, -0.2) is 14.3 Å². The summed E-state index contributed by atoms with van der Waals surface area (Å²) in [6, 6.07) is 3.21. The molecule has 29 heavy (non-hydrogen) atoms. The van der Waals surface area contributed by atoms with Gasteiger partial charge in [-0.15, -0.1) is 0 Å². The minimum atomic E-state index is -4.12. The van der Waals surface area contributed by atoms with Crippen molar-refractivity contribution in [3.63, 3.8) is 0 Å². The minimum Gasteiger partial charge on any atom is -0.368 e. The topological polar surface area (TPSA) is 85.8 Å². The molecule has 1 atom stereocenters. The van der Waals surface area contributed by atoms with E-state index in [0.717, 1.165) is 17.1 Å². The molecule has 2 aromatic heterocycles. The number of fused-ring (bicyclic) bond motifs is 1. The van der Waals surface area contributed by atoms with E-state index in [-0.39, 0.29) is 18.8 Å². The van der Waals surface area contributed by atoms with Crippen LogP contribution in [0.15, 0.2) is 12.1 Å². The normalized spacial score (nSPS) is 26.1. The predicted octanol–water partition coefficient (Wildman–Crippen LogP) is 3.33. The Morgan fingerprint density at radius 1 is 1.24 bits per heavy atom. The number of morpholine rings is 1. The van der Waals surface area contributed by atoms with E-state index in [1.54, 1.807) is 4.52 Å². The Bertz CT molecular complexity index is 905. The fraction of sp³-hybridized carbons (Fsp3) is 0.632. The Morgan fingerprint density at radius 3 is 2.62 bits per heavy atom. The first kappa shape index (κ1) is 19.9. The molecule has 2 aliphatic rings. The lowest BCUT2D eigenvalue weighted by Crippen LogP contribution is -2.45. The molecule has 2 N–H and O–H groups in total. The second-order valence-corrected chi connectivity index (χ2v) is 7.90. The SMILES string of the molecule is Cc1cc([C@H]2CN(C(N)=O)CCO2)n2nc([C@H]3CC[C@H](C(F)(F)F)CC3)cc2n1. The van der Waals surface area contributed by atoms with E-state index in [9.17, 15) is 18.0 Å². The van der Waals surface area contributed by atoms with Gasteiger partial charge < -0.3 is 15.4 Å². The monoisotopic (exact) mass is 411 g/mol. The number of ether oxygens (including phenoxy) is 1. The number of carbonyl (C=O) groups is 1. The molecule has 0 unspecified atom stereocenters. The second-order valence-electron chi connectivity index (χ2n) is 7.90. The number of primary amides is 1. The molecule has 0 spiro atoms. The lowest BCUT2D eigenvalue weighted by molar-refractivity contribution is -0.182. The number of aryl methyl sites for hydroxylation is 1. The highest BCUT2D eigenvalue weighted by atomic mass is 19.4. The van der Waals surface area contributed by atoms with Crippen molar-refractivity contribution in [3.05, 3.63) is 29.2 Å². The van der Waals surface area contributed by atoms with E-state index in [0.29, 0.717) is 38.2 Å². The molecule has 7 nitrogen and oxygen atoms in total. The molecule has 10 heteroatoms. The zero-order chi connectivity index (χ0) is 20.8. The van der Waals surface area contributed by atoms with Gasteiger partial charge in [-0.1, -0.05) is 0 Å². The standard InChI is InChI=1S/C19H24F3N5O2/c1-11-8-15(16-10-26(18(23)28)6-7-29-16)27-17(24-11)9-14(25-27)12-2-4-13(5-3-12)19(20,21)22/h8-9,12-13,16H,2-7,10H2,1H3,(H2,23,28)/t12-,13-,16-/m1/s1. The molecule has 4 rings (SSSR count). The summed E-state index contributed by atoms with van der Waals surface area (Å²) in [5.41, 5.74) is 8.33. The average molecular weight is 411 g/mol. The van der Waals surface area contributed by atoms with Gasteiger partial charge in [-0.2, -0.15) is 18.3 Å². The van der Waals surface area contributed by atoms with Crippen LogP contribution in [-0.2, 0) is 4.74 Å². The van der Waals surface area contributed by atoms with Crippen LogP contribution >= 0.6 is 0 Å². The fourth-order valence-electron chi connectivity index (χ4n) is 4.32. The van der Waals surface area contributed by atoms with Gasteiger partial charge >= 0.3 is 12.2 Å². The summed E-state index contributed by atoms with van der Waals surface area (Å²) in [7, 11) is 0. The Balaban J connectivity index is 1.60. The Kier molecular flexibility index (Phi) is 5.14. The first-order chi connectivity index (χ1) is 13.7. The van der Waals surface area contributed by atoms with Crippen molar-refractivity contribution in [3.8, 4) is 0 Å². The lowest BCUT2D eigenvalue weighted by atomic mass is 9.80. The number of carbonyl (C=O) groups excluding carboxylic acids is 1. The van der Waals surface area contributed by atoms with Crippen LogP contribution in [-0.4, -0.2) is 51.4 Å². The molecule has 1 aliphatic carbocycles. The molecule has 1 saturated heterocycles. The first-order valence-electron chi connectivity index (χ1n) is 9.82. The Morgan fingerprint density at radius 2 is 1.97 bits per heavy atom. The van der Waals surface area contributed by atoms with Crippen molar-refractivity contribution in [2.45, 2.75) is 50.8 Å². The summed E-state index contributed by atoms with van der Waals surface area (Å²) in [6.07, 6.45) is -3.36. The summed E-state index contributed by atoms with van der Waals surface area (Å²) in [5.74, 6) is -1.24. The lowest BCUT2D eigenvalue weighted by Gasteiger charge is -2.32. The molecule has 0 bridgehead atoms. The van der Waals surface area contributed by atoms with Crippen LogP contribution in [0.4, 0.5) is 18.0 Å². The third kappa shape index (κ3) is 4.03. The van der Waals surface area contributed by atoms with E-state index >= 15 is 0 Å². The van der Waals surface area contributed by atoms with Crippen LogP contribution in [0.1, 0.15) is 54.8 Å². The highest BCUT2D eigenvalue weighted by molar-refractivity contribution is 5.72. The zero-order valence-corrected chi connectivity index (χ0v) is 16.2. The van der Waals surface area contributed by atoms with Gasteiger partial charge in [0, 0.05) is 24.2 Å². The number of rotatable bonds is 2. The first-order valence-corrected chi connectivity index (χ1v) is 9.82. The van der Waals surface area contributed by atoms with Gasteiger partial charge in [-0.3, -0.25) is 0 Å². The molecule has 2 amide bonds. The van der Waals surface area contributed by atoms with Gasteiger partial charge in [-0.05, 0) is 38.7 Å². The van der Waals surface area contributed by atoms with E-state index in [4.69, 9.17) is 10.5 Å². The van der Waals surface area contributed by atoms with Crippen LogP contribution in [0.5, 0.6) is 0 Å². The number of hydrogen-bond acceptors (Lipinski definition) is 4. The van der Waals surface area contributed by atoms with Crippen molar-refractivity contribution >= 4 is 11.7 Å². The molecule has 2 aromatic rings. The van der Waals surface area contributed by atoms with Gasteiger partial charge in [0.2, 0.25) is 0 Å². The van der Waals surface area contributed by atoms with Crippen molar-refractivity contribution in [1.82, 2.24) is 19.5 Å². The summed E-state index contributed by atoms with van der Waals surface area (Å²) in [6.45, 7) is 2.98. The number of hydrogen-bond donors (Lipinski definition) is 1. The zero-order valence-electron chi connectivity index (χ0n) is 16.2. The molecule has 0 aromatic carbocycles. The largest absolute Gasteiger partial charge is 0.391 e. The maximum absolute atomic E-state index is 12.9. The molecule has 1 saturated carbocycles. The third-order valence-corrected chi connectivity index (χ3v) is 5.92. The molecule has 1 aliphatic heterocycles. The van der Waals surface area contributed by atoms with E-state index in [2.05, 4.69) is 10.1 Å². The minimum absolute atomic E-state index is 0.0159. The van der Waals surface area contributed by atoms with Gasteiger partial charge in [0.25, 0.3) is 0 Å². The maximum atomic E-state index is 12.9. The predicted molar refractivity (Wildman–Crippen MR) is 98.3 cm³/mol. The van der Waals surface area contributed by atoms with E-state index in [1.165, 1.54) is 4.90 Å². The smallest absolute Gasteiger partial charge is 0.368 e. The van der Waals surface area contributed by atoms with E-state index in [1.807, 2.05) is 19.1 Å². The molecular formula is C19H24F3N5O2. The van der Waals surface area contributed by atoms with E-state index < -0.39 is 24.2 Å². The van der Waals surface area contributed by atoms with Crippen molar-refractivity contribution < 1.29 is 22.7 Å². The van der Waals surface area contributed by atoms with Gasteiger partial charge in [0.15, 0.2) is 5.65 Å². The Hall–Kier alpha value is -2.36. The number of aromatic nitrogens is 3. The highest BCUT2D eigenvalue weighted by Gasteiger charge is 2.42.